The van der Waals surface area contributed by atoms with E-state index in [1.165, 1.54) is 12.1 Å². The van der Waals surface area contributed by atoms with Crippen LogP contribution in [0, 0.1) is 25.6 Å². The molecule has 5 rings (SSSR count). The number of hydrogen-bond acceptors (Lipinski definition) is 6. The lowest BCUT2D eigenvalue weighted by Gasteiger charge is -2.12. The number of Topliss-reactive ketones (excluding diaryl/α,β-unsaturated/α-hetero) is 1. The van der Waals surface area contributed by atoms with Crippen molar-refractivity contribution >= 4 is 11.8 Å². The molecule has 0 aliphatic carbocycles. The molecule has 2 N–H and O–H groups in total. The molecular weight excluding hydrogens is 511 g/mol. The third-order valence-electron chi connectivity index (χ3n) is 6.67. The van der Waals surface area contributed by atoms with Crippen LogP contribution in [0.15, 0.2) is 77.3 Å². The van der Waals surface area contributed by atoms with Crippen LogP contribution >= 0.6 is 0 Å². The van der Waals surface area contributed by atoms with Crippen LogP contribution < -0.4 is 0 Å². The Labute approximate surface area is 229 Å². The maximum Gasteiger partial charge on any atom is 0.307 e. The van der Waals surface area contributed by atoms with Gasteiger partial charge in [0.25, 0.3) is 5.89 Å². The maximum absolute atomic E-state index is 15.0. The highest BCUT2D eigenvalue weighted by molar-refractivity contribution is 5.85. The van der Waals surface area contributed by atoms with E-state index in [2.05, 4.69) is 20.3 Å². The Bertz CT molecular complexity index is 1660. The van der Waals surface area contributed by atoms with Gasteiger partial charge in [-0.3, -0.25) is 14.7 Å². The van der Waals surface area contributed by atoms with Crippen LogP contribution in [0.3, 0.4) is 0 Å². The third kappa shape index (κ3) is 6.20. The first-order chi connectivity index (χ1) is 19.2. The van der Waals surface area contributed by atoms with Crippen molar-refractivity contribution in [3.05, 3.63) is 101 Å². The number of carbonyl (C=O) groups excluding carboxylic acids is 1. The molecule has 8 nitrogen and oxygen atoms in total. The van der Waals surface area contributed by atoms with E-state index in [0.29, 0.717) is 17.0 Å². The number of H-pyrrole nitrogens is 1. The second kappa shape index (κ2) is 11.4. The van der Waals surface area contributed by atoms with Crippen molar-refractivity contribution in [3.63, 3.8) is 0 Å². The van der Waals surface area contributed by atoms with E-state index in [1.807, 2.05) is 62.4 Å². The first kappa shape index (κ1) is 26.7. The van der Waals surface area contributed by atoms with Crippen LogP contribution in [0.2, 0.25) is 0 Å². The predicted octanol–water partition coefficient (Wildman–Crippen LogP) is 5.99. The van der Waals surface area contributed by atoms with E-state index in [0.717, 1.165) is 22.3 Å². The Balaban J connectivity index is 1.23. The molecule has 202 valence electrons. The number of ketones is 1. The van der Waals surface area contributed by atoms with Crippen molar-refractivity contribution in [1.29, 1.82) is 0 Å². The van der Waals surface area contributed by atoms with E-state index in [-0.39, 0.29) is 42.3 Å². The molecule has 2 aromatic heterocycles. The number of rotatable bonds is 10. The maximum atomic E-state index is 15.0. The van der Waals surface area contributed by atoms with Crippen molar-refractivity contribution in [3.8, 4) is 34.1 Å². The van der Waals surface area contributed by atoms with Gasteiger partial charge in [-0.1, -0.05) is 58.7 Å². The fourth-order valence-corrected chi connectivity index (χ4v) is 4.43. The molecule has 0 fully saturated rings. The van der Waals surface area contributed by atoms with Gasteiger partial charge in [-0.25, -0.2) is 4.39 Å². The number of carboxylic acid groups (broad SMARTS) is 1. The van der Waals surface area contributed by atoms with Gasteiger partial charge in [-0.15, -0.1) is 0 Å². The molecule has 0 saturated heterocycles. The number of aryl methyl sites for hydroxylation is 2. The summed E-state index contributed by atoms with van der Waals surface area (Å²) in [5, 5.41) is 20.8. The lowest BCUT2D eigenvalue weighted by Crippen LogP contribution is -2.21. The van der Waals surface area contributed by atoms with E-state index in [9.17, 15) is 14.7 Å². The van der Waals surface area contributed by atoms with E-state index < -0.39 is 17.7 Å². The van der Waals surface area contributed by atoms with Gasteiger partial charge in [0.2, 0.25) is 5.82 Å². The Morgan fingerprint density at radius 2 is 1.62 bits per heavy atom. The van der Waals surface area contributed by atoms with Crippen molar-refractivity contribution in [2.75, 3.05) is 0 Å². The van der Waals surface area contributed by atoms with E-state index in [4.69, 9.17) is 4.52 Å². The highest BCUT2D eigenvalue weighted by atomic mass is 19.1. The minimum absolute atomic E-state index is 0.00325. The van der Waals surface area contributed by atoms with Crippen LogP contribution in [0.5, 0.6) is 0 Å². The molecule has 9 heteroatoms. The summed E-state index contributed by atoms with van der Waals surface area (Å²) in [5.74, 6) is -2.62. The molecule has 3 aromatic carbocycles. The molecule has 0 radical (unpaired) electrons. The number of aliphatic carboxylic acids is 1. The Kier molecular flexibility index (Phi) is 7.63. The second-order valence-electron chi connectivity index (χ2n) is 9.91. The molecular formula is C31H27FN4O4. The number of benzene rings is 3. The molecule has 5 aromatic rings. The van der Waals surface area contributed by atoms with Gasteiger partial charge in [0, 0.05) is 29.7 Å². The lowest BCUT2D eigenvalue weighted by molar-refractivity contribution is -0.143. The topological polar surface area (TPSA) is 122 Å². The summed E-state index contributed by atoms with van der Waals surface area (Å²) in [4.78, 5) is 29.0. The fraction of sp³-hybridized carbons (Fsp3) is 0.194. The average Bonchev–Trinajstić information content (AvgIpc) is 3.60. The third-order valence-corrected chi connectivity index (χ3v) is 6.67. The number of aromatic nitrogens is 4. The Hall–Kier alpha value is -4.92. The molecule has 2 heterocycles. The van der Waals surface area contributed by atoms with E-state index in [1.54, 1.807) is 12.1 Å². The fourth-order valence-electron chi connectivity index (χ4n) is 4.43. The number of aromatic amines is 1. The molecule has 0 aliphatic rings. The minimum Gasteiger partial charge on any atom is -0.481 e. The SMILES string of the molecule is Cc1ccc(-c2cc(CC(=O)CC(Cc3ccc(-c4noc(-c5ccc(C)cc5)n4)c(F)c3)C(=O)O)[nH]n2)cc1. The highest BCUT2D eigenvalue weighted by Gasteiger charge is 2.23. The number of carboxylic acids is 1. The second-order valence-corrected chi connectivity index (χ2v) is 9.91. The molecule has 1 atom stereocenters. The van der Waals surface area contributed by atoms with Gasteiger partial charge >= 0.3 is 5.97 Å². The zero-order valence-electron chi connectivity index (χ0n) is 22.0. The quantitative estimate of drug-likeness (QED) is 0.224. The van der Waals surface area contributed by atoms with Crippen molar-refractivity contribution in [2.45, 2.75) is 33.1 Å². The standard InChI is InChI=1S/C31H27FN4O4/c1-18-3-8-21(9-4-18)28-17-24(34-35-28)16-25(37)15-23(31(38)39)13-20-7-12-26(27(32)14-20)29-33-30(40-36-29)22-10-5-19(2)6-11-22/h3-12,14,17,23H,13,15-16H2,1-2H3,(H,34,35)(H,38,39). The summed E-state index contributed by atoms with van der Waals surface area (Å²) in [6, 6.07) is 21.5. The molecule has 0 amide bonds. The molecule has 40 heavy (non-hydrogen) atoms. The van der Waals surface area contributed by atoms with Crippen molar-refractivity contribution < 1.29 is 23.6 Å². The molecule has 0 bridgehead atoms. The van der Waals surface area contributed by atoms with Gasteiger partial charge < -0.3 is 9.63 Å². The zero-order chi connectivity index (χ0) is 28.2. The van der Waals surface area contributed by atoms with Crippen LogP contribution in [0.1, 0.15) is 28.8 Å². The van der Waals surface area contributed by atoms with Crippen LogP contribution in [-0.2, 0) is 22.4 Å². The molecule has 0 aliphatic heterocycles. The summed E-state index contributed by atoms with van der Waals surface area (Å²) in [7, 11) is 0. The summed E-state index contributed by atoms with van der Waals surface area (Å²) >= 11 is 0. The summed E-state index contributed by atoms with van der Waals surface area (Å²) in [5.41, 5.74) is 5.75. The van der Waals surface area contributed by atoms with Crippen molar-refractivity contribution in [2.24, 2.45) is 5.92 Å². The van der Waals surface area contributed by atoms with Gasteiger partial charge in [0.05, 0.1) is 17.2 Å². The monoisotopic (exact) mass is 538 g/mol. The first-order valence-electron chi connectivity index (χ1n) is 12.8. The highest BCUT2D eigenvalue weighted by Crippen LogP contribution is 2.26. The number of nitrogens with one attached hydrogen (secondary N) is 1. The number of halogens is 1. The number of carbonyl (C=O) groups is 2. The number of nitrogens with zero attached hydrogens (tertiary/aromatic N) is 3. The van der Waals surface area contributed by atoms with Crippen molar-refractivity contribution in [1.82, 2.24) is 20.3 Å². The van der Waals surface area contributed by atoms with Crippen LogP contribution in [0.4, 0.5) is 4.39 Å². The van der Waals surface area contributed by atoms with Crippen LogP contribution in [0.25, 0.3) is 34.1 Å². The first-order valence-corrected chi connectivity index (χ1v) is 12.8. The van der Waals surface area contributed by atoms with E-state index >= 15 is 4.39 Å². The smallest absolute Gasteiger partial charge is 0.307 e. The summed E-state index contributed by atoms with van der Waals surface area (Å²) in [6.07, 6.45) is -0.170. The van der Waals surface area contributed by atoms with Crippen LogP contribution in [-0.4, -0.2) is 37.2 Å². The van der Waals surface area contributed by atoms with Gasteiger partial charge in [-0.2, -0.15) is 10.1 Å². The average molecular weight is 539 g/mol. The van der Waals surface area contributed by atoms with Gasteiger partial charge in [0.15, 0.2) is 0 Å². The molecule has 1 unspecified atom stereocenters. The molecule has 0 spiro atoms. The summed E-state index contributed by atoms with van der Waals surface area (Å²) < 4.78 is 20.3. The summed E-state index contributed by atoms with van der Waals surface area (Å²) in [6.45, 7) is 3.96. The normalized spacial score (nSPS) is 11.9. The zero-order valence-corrected chi connectivity index (χ0v) is 22.0. The number of hydrogen-bond donors (Lipinski definition) is 2. The van der Waals surface area contributed by atoms with Gasteiger partial charge in [0.1, 0.15) is 11.6 Å². The Morgan fingerprint density at radius 3 is 2.27 bits per heavy atom. The molecule has 0 saturated carbocycles. The Morgan fingerprint density at radius 1 is 0.950 bits per heavy atom. The largest absolute Gasteiger partial charge is 0.481 e. The van der Waals surface area contributed by atoms with Gasteiger partial charge in [-0.05, 0) is 56.2 Å². The predicted molar refractivity (Wildman–Crippen MR) is 147 cm³/mol. The minimum atomic E-state index is -1.12. The lowest BCUT2D eigenvalue weighted by atomic mass is 9.92.